The van der Waals surface area contributed by atoms with E-state index in [-0.39, 0.29) is 0 Å². The van der Waals surface area contributed by atoms with Crippen molar-refractivity contribution in [2.75, 3.05) is 17.2 Å². The summed E-state index contributed by atoms with van der Waals surface area (Å²) in [5.41, 5.74) is 16.5. The monoisotopic (exact) mass is 309 g/mol. The van der Waals surface area contributed by atoms with Crippen molar-refractivity contribution in [1.29, 1.82) is 0 Å². The number of benzene rings is 2. The zero-order valence-electron chi connectivity index (χ0n) is 13.9. The summed E-state index contributed by atoms with van der Waals surface area (Å²) < 4.78 is 0. The van der Waals surface area contributed by atoms with Gasteiger partial charge in [-0.1, -0.05) is 36.4 Å². The highest BCUT2D eigenvalue weighted by molar-refractivity contribution is 5.67. The molecule has 1 fully saturated rings. The first-order valence-electron chi connectivity index (χ1n) is 8.56. The van der Waals surface area contributed by atoms with Crippen LogP contribution >= 0.6 is 0 Å². The zero-order chi connectivity index (χ0) is 16.2. The van der Waals surface area contributed by atoms with E-state index in [4.69, 9.17) is 11.5 Å². The molecule has 1 saturated heterocycles. The highest BCUT2D eigenvalue weighted by Crippen LogP contribution is 2.32. The number of nitrogens with zero attached hydrogens (tertiary/aromatic N) is 1. The van der Waals surface area contributed by atoms with Crippen molar-refractivity contribution in [2.45, 2.75) is 38.8 Å². The van der Waals surface area contributed by atoms with E-state index in [1.807, 2.05) is 12.1 Å². The van der Waals surface area contributed by atoms with Crippen LogP contribution < -0.4 is 16.4 Å². The number of piperidine rings is 1. The van der Waals surface area contributed by atoms with E-state index in [0.29, 0.717) is 12.6 Å². The van der Waals surface area contributed by atoms with E-state index in [9.17, 15) is 0 Å². The SMILES string of the molecule is CC1CC(Cc2ccc(CN)cc2)CCN1c1ccccc1N. The third kappa shape index (κ3) is 3.67. The van der Waals surface area contributed by atoms with Crippen LogP contribution in [0.5, 0.6) is 0 Å². The van der Waals surface area contributed by atoms with Crippen LogP contribution in [0.4, 0.5) is 11.4 Å². The molecule has 0 aliphatic carbocycles. The van der Waals surface area contributed by atoms with Gasteiger partial charge >= 0.3 is 0 Å². The Labute approximate surface area is 139 Å². The maximum Gasteiger partial charge on any atom is 0.0602 e. The van der Waals surface area contributed by atoms with Gasteiger partial charge < -0.3 is 16.4 Å². The molecule has 1 aliphatic rings. The van der Waals surface area contributed by atoms with Gasteiger partial charge in [-0.15, -0.1) is 0 Å². The Morgan fingerprint density at radius 3 is 2.39 bits per heavy atom. The lowest BCUT2D eigenvalue weighted by molar-refractivity contribution is 0.351. The summed E-state index contributed by atoms with van der Waals surface area (Å²) >= 11 is 0. The molecule has 0 amide bonds. The van der Waals surface area contributed by atoms with E-state index < -0.39 is 0 Å². The Morgan fingerprint density at radius 2 is 1.74 bits per heavy atom. The minimum atomic E-state index is 0.529. The molecule has 0 bridgehead atoms. The largest absolute Gasteiger partial charge is 0.397 e. The smallest absolute Gasteiger partial charge is 0.0602 e. The molecular formula is C20H27N3. The van der Waals surface area contributed by atoms with Crippen LogP contribution in [0.15, 0.2) is 48.5 Å². The van der Waals surface area contributed by atoms with Gasteiger partial charge in [-0.25, -0.2) is 0 Å². The second kappa shape index (κ2) is 7.05. The van der Waals surface area contributed by atoms with Crippen molar-refractivity contribution in [1.82, 2.24) is 0 Å². The van der Waals surface area contributed by atoms with E-state index in [2.05, 4.69) is 48.2 Å². The molecular weight excluding hydrogens is 282 g/mol. The zero-order valence-corrected chi connectivity index (χ0v) is 13.9. The lowest BCUT2D eigenvalue weighted by atomic mass is 9.86. The number of hydrogen-bond acceptors (Lipinski definition) is 3. The first-order chi connectivity index (χ1) is 11.2. The standard InChI is InChI=1S/C20H27N3/c1-15-12-18(13-16-6-8-17(14-21)9-7-16)10-11-23(15)20-5-3-2-4-19(20)22/h2-9,15,18H,10-14,21-22H2,1H3. The Balaban J connectivity index is 1.63. The maximum absolute atomic E-state index is 6.15. The van der Waals surface area contributed by atoms with Crippen LogP contribution in [-0.4, -0.2) is 12.6 Å². The number of rotatable bonds is 4. The molecule has 3 heteroatoms. The first kappa shape index (κ1) is 15.9. The molecule has 0 spiro atoms. The summed E-state index contributed by atoms with van der Waals surface area (Å²) in [5.74, 6) is 0.745. The number of hydrogen-bond donors (Lipinski definition) is 2. The van der Waals surface area contributed by atoms with E-state index in [1.165, 1.54) is 29.7 Å². The summed E-state index contributed by atoms with van der Waals surface area (Å²) in [6.45, 7) is 4.02. The number of nitrogen functional groups attached to an aromatic ring is 1. The van der Waals surface area contributed by atoms with E-state index >= 15 is 0 Å². The third-order valence-corrected chi connectivity index (χ3v) is 5.01. The van der Waals surface area contributed by atoms with Crippen molar-refractivity contribution in [3.8, 4) is 0 Å². The van der Waals surface area contributed by atoms with Gasteiger partial charge in [0, 0.05) is 19.1 Å². The van der Waals surface area contributed by atoms with Crippen molar-refractivity contribution in [3.05, 3.63) is 59.7 Å². The van der Waals surface area contributed by atoms with Gasteiger partial charge in [0.05, 0.1) is 11.4 Å². The second-order valence-electron chi connectivity index (χ2n) is 6.72. The van der Waals surface area contributed by atoms with Crippen LogP contribution in [0.25, 0.3) is 0 Å². The Bertz CT molecular complexity index is 636. The topological polar surface area (TPSA) is 55.3 Å². The third-order valence-electron chi connectivity index (χ3n) is 5.01. The molecule has 1 aliphatic heterocycles. The molecule has 3 rings (SSSR count). The van der Waals surface area contributed by atoms with Crippen LogP contribution in [0.2, 0.25) is 0 Å². The Morgan fingerprint density at radius 1 is 1.04 bits per heavy atom. The van der Waals surface area contributed by atoms with Crippen molar-refractivity contribution in [2.24, 2.45) is 11.7 Å². The molecule has 23 heavy (non-hydrogen) atoms. The van der Waals surface area contributed by atoms with Crippen molar-refractivity contribution < 1.29 is 0 Å². The number of nitrogens with two attached hydrogens (primary N) is 2. The van der Waals surface area contributed by atoms with Crippen LogP contribution in [-0.2, 0) is 13.0 Å². The molecule has 0 aromatic heterocycles. The van der Waals surface area contributed by atoms with Gasteiger partial charge in [-0.2, -0.15) is 0 Å². The van der Waals surface area contributed by atoms with Crippen LogP contribution in [0, 0.1) is 5.92 Å². The summed E-state index contributed by atoms with van der Waals surface area (Å²) in [6, 6.07) is 17.5. The molecule has 1 heterocycles. The normalized spacial score (nSPS) is 21.4. The first-order valence-corrected chi connectivity index (χ1v) is 8.56. The van der Waals surface area contributed by atoms with Gasteiger partial charge in [0.25, 0.3) is 0 Å². The van der Waals surface area contributed by atoms with Gasteiger partial charge in [0.15, 0.2) is 0 Å². The molecule has 2 aromatic rings. The Kier molecular flexibility index (Phi) is 4.87. The molecule has 3 nitrogen and oxygen atoms in total. The van der Waals surface area contributed by atoms with Gasteiger partial charge in [0.2, 0.25) is 0 Å². The van der Waals surface area contributed by atoms with Crippen molar-refractivity contribution in [3.63, 3.8) is 0 Å². The molecule has 4 N–H and O–H groups in total. The highest BCUT2D eigenvalue weighted by atomic mass is 15.2. The van der Waals surface area contributed by atoms with Gasteiger partial charge in [-0.3, -0.25) is 0 Å². The minimum absolute atomic E-state index is 0.529. The lowest BCUT2D eigenvalue weighted by Crippen LogP contribution is -2.41. The fourth-order valence-corrected chi connectivity index (χ4v) is 3.71. The molecule has 0 radical (unpaired) electrons. The molecule has 0 saturated carbocycles. The maximum atomic E-state index is 6.15. The average Bonchev–Trinajstić information content (AvgIpc) is 2.57. The average molecular weight is 309 g/mol. The predicted octanol–water partition coefficient (Wildman–Crippen LogP) is 3.58. The van der Waals surface area contributed by atoms with Gasteiger partial charge in [-0.05, 0) is 55.4 Å². The summed E-state index contributed by atoms with van der Waals surface area (Å²) in [4.78, 5) is 2.46. The predicted molar refractivity (Wildman–Crippen MR) is 98.4 cm³/mol. The Hall–Kier alpha value is -2.00. The number of para-hydroxylation sites is 2. The molecule has 2 atom stereocenters. The summed E-state index contributed by atoms with van der Waals surface area (Å²) in [5, 5.41) is 0. The molecule has 2 aromatic carbocycles. The molecule has 2 unspecified atom stereocenters. The summed E-state index contributed by atoms with van der Waals surface area (Å²) in [6.07, 6.45) is 3.59. The highest BCUT2D eigenvalue weighted by Gasteiger charge is 2.26. The van der Waals surface area contributed by atoms with E-state index in [1.54, 1.807) is 0 Å². The lowest BCUT2D eigenvalue weighted by Gasteiger charge is -2.40. The quantitative estimate of drug-likeness (QED) is 0.849. The number of anilines is 2. The second-order valence-corrected chi connectivity index (χ2v) is 6.72. The van der Waals surface area contributed by atoms with E-state index in [0.717, 1.165) is 24.6 Å². The van der Waals surface area contributed by atoms with Gasteiger partial charge in [0.1, 0.15) is 0 Å². The molecule has 122 valence electrons. The fraction of sp³-hybridized carbons (Fsp3) is 0.400. The summed E-state index contributed by atoms with van der Waals surface area (Å²) in [7, 11) is 0. The minimum Gasteiger partial charge on any atom is -0.397 e. The fourth-order valence-electron chi connectivity index (χ4n) is 3.71. The van der Waals surface area contributed by atoms with Crippen molar-refractivity contribution >= 4 is 11.4 Å². The van der Waals surface area contributed by atoms with Crippen LogP contribution in [0.3, 0.4) is 0 Å². The van der Waals surface area contributed by atoms with Crippen LogP contribution in [0.1, 0.15) is 30.9 Å².